The standard InChI is InChI=1S/C30H38O11/c1-13(31)39-20-10-19(34)29-12-38-25(36)26(20,3)17(29)9-18(33)28(5)23(29)22(35)24(40-14(2)32)27(4)16(15-6-7-37-11-15)8-21-30(27,28)41-21/h6-7,11,16-21,23-25,33-34,36H,8-10,12H2,1-5H3/t16-,17-,18+,19-,20-,21+,23-,24-,25+,26+,27-,28-,29+,30-/m0/s1. The highest BCUT2D eigenvalue weighted by molar-refractivity contribution is 5.93. The van der Waals surface area contributed by atoms with E-state index in [4.69, 9.17) is 23.4 Å². The quantitative estimate of drug-likeness (QED) is 0.354. The molecular weight excluding hydrogens is 536 g/mol. The second-order valence-corrected chi connectivity index (χ2v) is 13.9. The topological polar surface area (TPSA) is 165 Å². The molecule has 0 amide bonds. The second-order valence-electron chi connectivity index (χ2n) is 13.9. The molecule has 2 saturated heterocycles. The van der Waals surface area contributed by atoms with Crippen LogP contribution in [0, 0.1) is 33.5 Å². The second kappa shape index (κ2) is 8.19. The van der Waals surface area contributed by atoms with Gasteiger partial charge in [0, 0.05) is 42.9 Å². The van der Waals surface area contributed by atoms with Gasteiger partial charge in [-0.25, -0.2) is 0 Å². The molecular formula is C30H38O11. The Morgan fingerprint density at radius 2 is 1.68 bits per heavy atom. The van der Waals surface area contributed by atoms with E-state index < -0.39 is 87.5 Å². The lowest BCUT2D eigenvalue weighted by Gasteiger charge is -2.73. The number of ketones is 1. The van der Waals surface area contributed by atoms with E-state index in [-0.39, 0.29) is 31.5 Å². The van der Waals surface area contributed by atoms with Gasteiger partial charge < -0.3 is 38.7 Å². The van der Waals surface area contributed by atoms with Gasteiger partial charge in [-0.3, -0.25) is 14.4 Å². The number of hydrogen-bond donors (Lipinski definition) is 3. The maximum absolute atomic E-state index is 15.0. The molecule has 2 aliphatic heterocycles. The fourth-order valence-electron chi connectivity index (χ4n) is 11.0. The zero-order chi connectivity index (χ0) is 29.5. The zero-order valence-electron chi connectivity index (χ0n) is 23.9. The predicted octanol–water partition coefficient (Wildman–Crippen LogP) is 1.47. The van der Waals surface area contributed by atoms with Crippen molar-refractivity contribution in [2.45, 2.75) is 102 Å². The third kappa shape index (κ3) is 2.85. The number of fused-ring (bicyclic) bond motifs is 1. The lowest BCUT2D eigenvalue weighted by Crippen LogP contribution is -2.82. The van der Waals surface area contributed by atoms with Gasteiger partial charge in [-0.05, 0) is 30.4 Å². The number of hydrogen-bond acceptors (Lipinski definition) is 11. The number of carbonyl (C=O) groups excluding carboxylic acids is 3. The summed E-state index contributed by atoms with van der Waals surface area (Å²) in [6, 6.07) is 1.84. The first-order chi connectivity index (χ1) is 19.2. The first-order valence-electron chi connectivity index (χ1n) is 14.5. The van der Waals surface area contributed by atoms with Crippen LogP contribution in [0.3, 0.4) is 0 Å². The van der Waals surface area contributed by atoms with Gasteiger partial charge in [0.25, 0.3) is 0 Å². The van der Waals surface area contributed by atoms with E-state index in [2.05, 4.69) is 0 Å². The average molecular weight is 575 g/mol. The Bertz CT molecular complexity index is 1310. The molecule has 3 N–H and O–H groups in total. The van der Waals surface area contributed by atoms with Crippen LogP contribution in [-0.2, 0) is 33.3 Å². The third-order valence-corrected chi connectivity index (χ3v) is 12.6. The van der Waals surface area contributed by atoms with E-state index in [9.17, 15) is 24.9 Å². The summed E-state index contributed by atoms with van der Waals surface area (Å²) in [6.45, 7) is 7.85. The van der Waals surface area contributed by atoms with Crippen molar-refractivity contribution in [2.24, 2.45) is 33.5 Å². The molecule has 4 aliphatic carbocycles. The summed E-state index contributed by atoms with van der Waals surface area (Å²) in [5, 5.41) is 35.4. The van der Waals surface area contributed by atoms with Gasteiger partial charge in [-0.15, -0.1) is 0 Å². The average Bonchev–Trinajstić information content (AvgIpc) is 3.26. The van der Waals surface area contributed by atoms with Crippen molar-refractivity contribution in [3.8, 4) is 0 Å². The van der Waals surface area contributed by atoms with Crippen LogP contribution >= 0.6 is 0 Å². The number of rotatable bonds is 3. The Balaban J connectivity index is 1.44. The lowest BCUT2D eigenvalue weighted by molar-refractivity contribution is -0.373. The van der Waals surface area contributed by atoms with Gasteiger partial charge in [-0.2, -0.15) is 0 Å². The normalized spacial score (nSPS) is 54.7. The summed E-state index contributed by atoms with van der Waals surface area (Å²) >= 11 is 0. The minimum absolute atomic E-state index is 0.0205. The summed E-state index contributed by atoms with van der Waals surface area (Å²) in [5.41, 5.74) is -4.93. The number of ether oxygens (including phenoxy) is 4. The summed E-state index contributed by atoms with van der Waals surface area (Å²) in [6.07, 6.45) is -2.27. The molecule has 11 heteroatoms. The van der Waals surface area contributed by atoms with Crippen molar-refractivity contribution in [1.29, 1.82) is 0 Å². The van der Waals surface area contributed by atoms with Crippen LogP contribution in [0.5, 0.6) is 0 Å². The molecule has 41 heavy (non-hydrogen) atoms. The van der Waals surface area contributed by atoms with E-state index in [1.54, 1.807) is 19.5 Å². The minimum atomic E-state index is -1.36. The molecule has 7 rings (SSSR count). The van der Waals surface area contributed by atoms with Crippen LogP contribution in [0.2, 0.25) is 0 Å². The van der Waals surface area contributed by atoms with Crippen LogP contribution in [-0.4, -0.2) is 82.1 Å². The molecule has 14 atom stereocenters. The van der Waals surface area contributed by atoms with Crippen molar-refractivity contribution < 1.29 is 53.1 Å². The maximum atomic E-state index is 15.0. The van der Waals surface area contributed by atoms with E-state index in [1.807, 2.05) is 19.9 Å². The molecule has 6 fully saturated rings. The number of furan rings is 1. The molecule has 224 valence electrons. The molecule has 11 nitrogen and oxygen atoms in total. The molecule has 1 aromatic rings. The minimum Gasteiger partial charge on any atom is -0.472 e. The molecule has 0 aromatic carbocycles. The molecule has 4 saturated carbocycles. The SMILES string of the molecule is CC(=O)O[C@H]1C[C@H](O)[C@@]23CO[C@@H](O)[C@]1(C)[C@@H]2C[C@@H](O)[C@@]1(C)[C@@H]3C(=O)[C@H](OC(C)=O)[C@]2(C)[C@H](c3ccoc3)C[C@H]3O[C@]312. The highest BCUT2D eigenvalue weighted by atomic mass is 16.6. The highest BCUT2D eigenvalue weighted by Gasteiger charge is 2.92. The van der Waals surface area contributed by atoms with Crippen molar-refractivity contribution in [2.75, 3.05) is 6.61 Å². The number of Topliss-reactive ketones (excluding diaryl/α,β-unsaturated/α-hetero) is 1. The monoisotopic (exact) mass is 574 g/mol. The van der Waals surface area contributed by atoms with E-state index in [0.29, 0.717) is 6.42 Å². The van der Waals surface area contributed by atoms with Crippen LogP contribution in [0.15, 0.2) is 23.0 Å². The molecule has 6 aliphatic rings. The molecule has 2 bridgehead atoms. The predicted molar refractivity (Wildman–Crippen MR) is 137 cm³/mol. The first kappa shape index (κ1) is 27.5. The van der Waals surface area contributed by atoms with Crippen molar-refractivity contribution >= 4 is 17.7 Å². The summed E-state index contributed by atoms with van der Waals surface area (Å²) in [7, 11) is 0. The highest BCUT2D eigenvalue weighted by Crippen LogP contribution is 2.82. The molecule has 0 radical (unpaired) electrons. The Labute approximate surface area is 237 Å². The summed E-state index contributed by atoms with van der Waals surface area (Å²) in [5.74, 6) is -3.56. The molecule has 0 unspecified atom stereocenters. The smallest absolute Gasteiger partial charge is 0.303 e. The van der Waals surface area contributed by atoms with Gasteiger partial charge in [0.2, 0.25) is 0 Å². The van der Waals surface area contributed by atoms with Crippen molar-refractivity contribution in [3.05, 3.63) is 24.2 Å². The van der Waals surface area contributed by atoms with E-state index >= 15 is 4.79 Å². The number of aliphatic hydroxyl groups excluding tert-OH is 3. The van der Waals surface area contributed by atoms with Crippen LogP contribution in [0.4, 0.5) is 0 Å². The molecule has 1 aromatic heterocycles. The fourth-order valence-corrected chi connectivity index (χ4v) is 11.0. The van der Waals surface area contributed by atoms with Gasteiger partial charge in [0.05, 0.1) is 48.3 Å². The lowest BCUT2D eigenvalue weighted by atomic mass is 9.33. The maximum Gasteiger partial charge on any atom is 0.303 e. The fraction of sp³-hybridized carbons (Fsp3) is 0.767. The van der Waals surface area contributed by atoms with Crippen LogP contribution < -0.4 is 0 Å². The molecule has 3 heterocycles. The number of epoxide rings is 1. The largest absolute Gasteiger partial charge is 0.472 e. The van der Waals surface area contributed by atoms with Gasteiger partial charge in [0.1, 0.15) is 11.7 Å². The third-order valence-electron chi connectivity index (χ3n) is 12.6. The van der Waals surface area contributed by atoms with Gasteiger partial charge >= 0.3 is 11.9 Å². The number of carbonyl (C=O) groups is 3. The van der Waals surface area contributed by atoms with Crippen molar-refractivity contribution in [3.63, 3.8) is 0 Å². The van der Waals surface area contributed by atoms with E-state index in [0.717, 1.165) is 5.56 Å². The zero-order valence-corrected chi connectivity index (χ0v) is 23.9. The number of esters is 2. The Morgan fingerprint density at radius 3 is 2.32 bits per heavy atom. The summed E-state index contributed by atoms with van der Waals surface area (Å²) < 4.78 is 29.5. The van der Waals surface area contributed by atoms with Crippen LogP contribution in [0.1, 0.15) is 65.4 Å². The molecule has 1 spiro atoms. The Kier molecular flexibility index (Phi) is 5.50. The first-order valence-corrected chi connectivity index (χ1v) is 14.5. The Hall–Kier alpha value is -2.31. The van der Waals surface area contributed by atoms with Gasteiger partial charge in [0.15, 0.2) is 18.2 Å². The van der Waals surface area contributed by atoms with Crippen molar-refractivity contribution in [1.82, 2.24) is 0 Å². The van der Waals surface area contributed by atoms with E-state index in [1.165, 1.54) is 13.8 Å². The van der Waals surface area contributed by atoms with Gasteiger partial charge in [-0.1, -0.05) is 20.8 Å². The summed E-state index contributed by atoms with van der Waals surface area (Å²) in [4.78, 5) is 39.7. The number of aliphatic hydroxyl groups is 3. The van der Waals surface area contributed by atoms with Crippen LogP contribution in [0.25, 0.3) is 0 Å². The Morgan fingerprint density at radius 1 is 0.976 bits per heavy atom.